The summed E-state index contributed by atoms with van der Waals surface area (Å²) in [6.45, 7) is 0.781. The number of nitrogens with one attached hydrogen (secondary N) is 1. The topological polar surface area (TPSA) is 69.2 Å². The van der Waals surface area contributed by atoms with Gasteiger partial charge in [0.25, 0.3) is 0 Å². The zero-order valence-corrected chi connectivity index (χ0v) is 14.0. The predicted octanol–water partition coefficient (Wildman–Crippen LogP) is 2.68. The molecule has 0 saturated carbocycles. The van der Waals surface area contributed by atoms with E-state index in [1.54, 1.807) is 4.90 Å². The maximum atomic E-state index is 12.5. The summed E-state index contributed by atoms with van der Waals surface area (Å²) in [6.07, 6.45) is 0. The van der Waals surface area contributed by atoms with Crippen molar-refractivity contribution < 1.29 is 9.90 Å². The molecule has 0 atom stereocenters. The molecule has 0 aliphatic carbocycles. The molecule has 0 fully saturated rings. The minimum absolute atomic E-state index is 0.0154. The van der Waals surface area contributed by atoms with Crippen molar-refractivity contribution in [1.82, 2.24) is 14.9 Å². The number of aromatic nitrogens is 2. The summed E-state index contributed by atoms with van der Waals surface area (Å²) in [5, 5.41) is 9.95. The predicted molar refractivity (Wildman–Crippen MR) is 95.8 cm³/mol. The highest BCUT2D eigenvalue weighted by Crippen LogP contribution is 2.19. The van der Waals surface area contributed by atoms with Gasteiger partial charge < -0.3 is 15.0 Å². The molecule has 0 aliphatic heterocycles. The summed E-state index contributed by atoms with van der Waals surface area (Å²) in [5.41, 5.74) is 2.90. The van der Waals surface area contributed by atoms with Gasteiger partial charge in [-0.2, -0.15) is 0 Å². The Kier molecular flexibility index (Phi) is 5.51. The fourth-order valence-corrected chi connectivity index (χ4v) is 3.22. The number of imidazole rings is 1. The first-order valence-electron chi connectivity index (χ1n) is 7.76. The SMILES string of the molecule is O=C(CSc1nc2ccccc2[nH]1)N(CCO)Cc1ccccc1. The van der Waals surface area contributed by atoms with Crippen molar-refractivity contribution in [3.05, 3.63) is 60.2 Å². The van der Waals surface area contributed by atoms with Crippen LogP contribution in [0.2, 0.25) is 0 Å². The van der Waals surface area contributed by atoms with E-state index in [1.165, 1.54) is 11.8 Å². The van der Waals surface area contributed by atoms with Crippen molar-refractivity contribution in [2.24, 2.45) is 0 Å². The van der Waals surface area contributed by atoms with Crippen LogP contribution in [0.15, 0.2) is 59.8 Å². The number of fused-ring (bicyclic) bond motifs is 1. The second-order valence-electron chi connectivity index (χ2n) is 5.37. The van der Waals surface area contributed by atoms with Crippen LogP contribution in [0.5, 0.6) is 0 Å². The van der Waals surface area contributed by atoms with Crippen LogP contribution in [0.1, 0.15) is 5.56 Å². The number of aliphatic hydroxyl groups excluding tert-OH is 1. The summed E-state index contributed by atoms with van der Waals surface area (Å²) in [4.78, 5) is 21.8. The van der Waals surface area contributed by atoms with E-state index < -0.39 is 0 Å². The number of H-pyrrole nitrogens is 1. The molecule has 0 spiro atoms. The van der Waals surface area contributed by atoms with E-state index in [0.717, 1.165) is 21.8 Å². The van der Waals surface area contributed by atoms with E-state index in [-0.39, 0.29) is 18.3 Å². The Morgan fingerprint density at radius 3 is 2.62 bits per heavy atom. The lowest BCUT2D eigenvalue weighted by Gasteiger charge is -2.21. The smallest absolute Gasteiger partial charge is 0.233 e. The molecule has 0 bridgehead atoms. The molecule has 0 unspecified atom stereocenters. The Morgan fingerprint density at radius 1 is 1.12 bits per heavy atom. The fourth-order valence-electron chi connectivity index (χ4n) is 2.44. The van der Waals surface area contributed by atoms with Crippen molar-refractivity contribution in [2.45, 2.75) is 11.7 Å². The van der Waals surface area contributed by atoms with Crippen LogP contribution >= 0.6 is 11.8 Å². The number of aliphatic hydroxyl groups is 1. The summed E-state index contributed by atoms with van der Waals surface area (Å²) in [7, 11) is 0. The summed E-state index contributed by atoms with van der Waals surface area (Å²) >= 11 is 1.38. The van der Waals surface area contributed by atoms with Crippen LogP contribution in [0.25, 0.3) is 11.0 Å². The molecule has 6 heteroatoms. The monoisotopic (exact) mass is 341 g/mol. The average Bonchev–Trinajstić information content (AvgIpc) is 3.03. The van der Waals surface area contributed by atoms with Gasteiger partial charge in [0.05, 0.1) is 23.4 Å². The molecule has 0 saturated heterocycles. The second kappa shape index (κ2) is 7.99. The molecule has 1 aromatic heterocycles. The normalized spacial score (nSPS) is 10.9. The van der Waals surface area contributed by atoms with Crippen molar-refractivity contribution in [1.29, 1.82) is 0 Å². The molecular weight excluding hydrogens is 322 g/mol. The lowest BCUT2D eigenvalue weighted by Crippen LogP contribution is -2.34. The molecule has 124 valence electrons. The number of thioether (sulfide) groups is 1. The molecule has 1 heterocycles. The average molecular weight is 341 g/mol. The van der Waals surface area contributed by atoms with Gasteiger partial charge in [-0.15, -0.1) is 0 Å². The third-order valence-corrected chi connectivity index (χ3v) is 4.50. The minimum atomic E-state index is -0.0477. The van der Waals surface area contributed by atoms with E-state index in [1.807, 2.05) is 54.6 Å². The molecule has 3 aromatic rings. The molecule has 24 heavy (non-hydrogen) atoms. The number of carbonyl (C=O) groups excluding carboxylic acids is 1. The number of para-hydroxylation sites is 2. The van der Waals surface area contributed by atoms with Crippen molar-refractivity contribution in [2.75, 3.05) is 18.9 Å². The maximum Gasteiger partial charge on any atom is 0.233 e. The Hall–Kier alpha value is -2.31. The Labute approximate surface area is 144 Å². The fraction of sp³-hybridized carbons (Fsp3) is 0.222. The highest BCUT2D eigenvalue weighted by atomic mass is 32.2. The third-order valence-electron chi connectivity index (χ3n) is 3.64. The van der Waals surface area contributed by atoms with Gasteiger partial charge in [0.15, 0.2) is 5.16 Å². The second-order valence-corrected chi connectivity index (χ2v) is 6.34. The summed E-state index contributed by atoms with van der Waals surface area (Å²) < 4.78 is 0. The largest absolute Gasteiger partial charge is 0.395 e. The number of nitrogens with zero attached hydrogens (tertiary/aromatic N) is 2. The lowest BCUT2D eigenvalue weighted by atomic mass is 10.2. The van der Waals surface area contributed by atoms with E-state index >= 15 is 0 Å². The van der Waals surface area contributed by atoms with Gasteiger partial charge in [0.1, 0.15) is 0 Å². The van der Waals surface area contributed by atoms with Gasteiger partial charge in [-0.25, -0.2) is 4.98 Å². The maximum absolute atomic E-state index is 12.5. The van der Waals surface area contributed by atoms with Crippen LogP contribution in [-0.4, -0.2) is 44.8 Å². The number of carbonyl (C=O) groups is 1. The summed E-state index contributed by atoms with van der Waals surface area (Å²) in [5.74, 6) is 0.269. The summed E-state index contributed by atoms with van der Waals surface area (Å²) in [6, 6.07) is 17.6. The Balaban J connectivity index is 1.62. The van der Waals surface area contributed by atoms with Crippen LogP contribution in [0.4, 0.5) is 0 Å². The number of hydrogen-bond acceptors (Lipinski definition) is 4. The highest BCUT2D eigenvalue weighted by Gasteiger charge is 2.15. The molecular formula is C18H19N3O2S. The van der Waals surface area contributed by atoms with Gasteiger partial charge >= 0.3 is 0 Å². The minimum Gasteiger partial charge on any atom is -0.395 e. The van der Waals surface area contributed by atoms with E-state index in [2.05, 4.69) is 9.97 Å². The van der Waals surface area contributed by atoms with Gasteiger partial charge in [0, 0.05) is 13.1 Å². The lowest BCUT2D eigenvalue weighted by molar-refractivity contribution is -0.129. The van der Waals surface area contributed by atoms with E-state index in [4.69, 9.17) is 0 Å². The van der Waals surface area contributed by atoms with E-state index in [0.29, 0.717) is 13.1 Å². The number of benzene rings is 2. The van der Waals surface area contributed by atoms with Gasteiger partial charge in [-0.3, -0.25) is 4.79 Å². The van der Waals surface area contributed by atoms with Crippen LogP contribution in [-0.2, 0) is 11.3 Å². The first kappa shape index (κ1) is 16.5. The highest BCUT2D eigenvalue weighted by molar-refractivity contribution is 7.99. The molecule has 0 radical (unpaired) electrons. The van der Waals surface area contributed by atoms with E-state index in [9.17, 15) is 9.90 Å². The zero-order valence-electron chi connectivity index (χ0n) is 13.2. The van der Waals surface area contributed by atoms with Crippen LogP contribution in [0.3, 0.4) is 0 Å². The van der Waals surface area contributed by atoms with Crippen LogP contribution in [0, 0.1) is 0 Å². The molecule has 0 aliphatic rings. The zero-order chi connectivity index (χ0) is 16.8. The molecule has 2 N–H and O–H groups in total. The van der Waals surface area contributed by atoms with Gasteiger partial charge in [0.2, 0.25) is 5.91 Å². The van der Waals surface area contributed by atoms with Gasteiger partial charge in [-0.1, -0.05) is 54.2 Å². The molecule has 1 amide bonds. The number of aromatic amines is 1. The number of rotatable bonds is 7. The Morgan fingerprint density at radius 2 is 1.88 bits per heavy atom. The quantitative estimate of drug-likeness (QED) is 0.648. The third kappa shape index (κ3) is 4.15. The Bertz CT molecular complexity index is 771. The van der Waals surface area contributed by atoms with Crippen molar-refractivity contribution in [3.63, 3.8) is 0 Å². The molecule has 2 aromatic carbocycles. The first-order valence-corrected chi connectivity index (χ1v) is 8.75. The standard InChI is InChI=1S/C18H19N3O2S/c22-11-10-21(12-14-6-2-1-3-7-14)17(23)13-24-18-19-15-8-4-5-9-16(15)20-18/h1-9,22H,10-13H2,(H,19,20). The van der Waals surface area contributed by atoms with Gasteiger partial charge in [-0.05, 0) is 17.7 Å². The van der Waals surface area contributed by atoms with Crippen molar-refractivity contribution in [3.8, 4) is 0 Å². The number of amides is 1. The number of hydrogen-bond donors (Lipinski definition) is 2. The first-order chi connectivity index (χ1) is 11.8. The molecule has 3 rings (SSSR count). The van der Waals surface area contributed by atoms with Crippen molar-refractivity contribution >= 4 is 28.7 Å². The van der Waals surface area contributed by atoms with Crippen LogP contribution < -0.4 is 0 Å². The molecule has 5 nitrogen and oxygen atoms in total.